The molecule has 0 radical (unpaired) electrons. The summed E-state index contributed by atoms with van der Waals surface area (Å²) in [6.07, 6.45) is 3.81. The highest BCUT2D eigenvalue weighted by Crippen LogP contribution is 2.04. The molecule has 0 aromatic heterocycles. The molecule has 1 aromatic rings. The van der Waals surface area contributed by atoms with E-state index in [4.69, 9.17) is 5.73 Å². The fourth-order valence-corrected chi connectivity index (χ4v) is 2.44. The van der Waals surface area contributed by atoms with Gasteiger partial charge in [0.1, 0.15) is 0 Å². The molecule has 0 aliphatic heterocycles. The van der Waals surface area contributed by atoms with Gasteiger partial charge in [0.2, 0.25) is 5.91 Å². The number of nitrogens with two attached hydrogens (primary N) is 1. The lowest BCUT2D eigenvalue weighted by Gasteiger charge is -2.21. The first-order valence-corrected chi connectivity index (χ1v) is 8.83. The maximum absolute atomic E-state index is 12.3. The zero-order chi connectivity index (χ0) is 17.1. The summed E-state index contributed by atoms with van der Waals surface area (Å²) in [6, 6.07) is 10.1. The van der Waals surface area contributed by atoms with E-state index in [-0.39, 0.29) is 18.0 Å². The van der Waals surface area contributed by atoms with Gasteiger partial charge in [0.05, 0.1) is 6.04 Å². The van der Waals surface area contributed by atoms with Gasteiger partial charge < -0.3 is 16.4 Å². The van der Waals surface area contributed by atoms with Crippen molar-refractivity contribution in [2.24, 2.45) is 11.7 Å². The number of carbonyl (C=O) groups excluding carboxylic acids is 1. The molecule has 1 rings (SSSR count). The van der Waals surface area contributed by atoms with Gasteiger partial charge in [0.25, 0.3) is 0 Å². The van der Waals surface area contributed by atoms with Crippen LogP contribution in [-0.2, 0) is 11.2 Å². The topological polar surface area (TPSA) is 67.1 Å². The number of hydrogen-bond donors (Lipinski definition) is 3. The normalized spacial score (nSPS) is 13.8. The Labute approximate surface area is 141 Å². The lowest BCUT2D eigenvalue weighted by Crippen LogP contribution is -2.49. The van der Waals surface area contributed by atoms with Crippen LogP contribution in [0.15, 0.2) is 30.3 Å². The van der Waals surface area contributed by atoms with Crippen LogP contribution in [0, 0.1) is 5.92 Å². The van der Waals surface area contributed by atoms with Crippen molar-refractivity contribution < 1.29 is 4.79 Å². The second-order valence-corrected chi connectivity index (χ2v) is 6.69. The summed E-state index contributed by atoms with van der Waals surface area (Å²) in [5, 5.41) is 6.38. The minimum Gasteiger partial charge on any atom is -0.354 e. The van der Waals surface area contributed by atoms with E-state index in [0.717, 1.165) is 32.2 Å². The first-order valence-electron chi connectivity index (χ1n) is 8.83. The molecule has 4 nitrogen and oxygen atoms in total. The lowest BCUT2D eigenvalue weighted by atomic mass is 10.0. The van der Waals surface area contributed by atoms with Crippen LogP contribution in [0.25, 0.3) is 0 Å². The molecule has 0 aliphatic carbocycles. The van der Waals surface area contributed by atoms with E-state index in [1.165, 1.54) is 5.56 Å². The third kappa shape index (κ3) is 8.72. The SMILES string of the molecule is CCCC[C@H](NC[C@H](N)Cc1ccccc1)C(=O)NCC(C)C. The maximum atomic E-state index is 12.3. The minimum atomic E-state index is -0.143. The summed E-state index contributed by atoms with van der Waals surface area (Å²) in [4.78, 5) is 12.3. The molecule has 0 aliphatic rings. The molecule has 2 atom stereocenters. The average molecular weight is 319 g/mol. The molecule has 0 saturated heterocycles. The van der Waals surface area contributed by atoms with Crippen LogP contribution in [0.2, 0.25) is 0 Å². The number of rotatable bonds is 11. The van der Waals surface area contributed by atoms with Crippen LogP contribution in [0.1, 0.15) is 45.6 Å². The van der Waals surface area contributed by atoms with Crippen LogP contribution >= 0.6 is 0 Å². The number of carbonyl (C=O) groups is 1. The molecule has 4 N–H and O–H groups in total. The fourth-order valence-electron chi connectivity index (χ4n) is 2.44. The summed E-state index contributed by atoms with van der Waals surface area (Å²) in [5.41, 5.74) is 7.44. The van der Waals surface area contributed by atoms with Crippen molar-refractivity contribution in [3.05, 3.63) is 35.9 Å². The van der Waals surface area contributed by atoms with E-state index in [1.54, 1.807) is 0 Å². The predicted octanol–water partition coefficient (Wildman–Crippen LogP) is 2.48. The van der Waals surface area contributed by atoms with Gasteiger partial charge >= 0.3 is 0 Å². The van der Waals surface area contributed by atoms with Gasteiger partial charge in [0.15, 0.2) is 0 Å². The Morgan fingerprint density at radius 1 is 1.17 bits per heavy atom. The third-order valence-corrected chi connectivity index (χ3v) is 3.81. The second kappa shape index (κ2) is 11.2. The van der Waals surface area contributed by atoms with E-state index in [9.17, 15) is 4.79 Å². The maximum Gasteiger partial charge on any atom is 0.237 e. The number of benzene rings is 1. The Bertz CT molecular complexity index is 434. The van der Waals surface area contributed by atoms with Gasteiger partial charge in [-0.25, -0.2) is 0 Å². The molecule has 23 heavy (non-hydrogen) atoms. The molecule has 0 unspecified atom stereocenters. The van der Waals surface area contributed by atoms with Crippen LogP contribution in [0.4, 0.5) is 0 Å². The second-order valence-electron chi connectivity index (χ2n) is 6.69. The van der Waals surface area contributed by atoms with Crippen molar-refractivity contribution in [2.45, 2.75) is 58.5 Å². The van der Waals surface area contributed by atoms with Crippen molar-refractivity contribution in [2.75, 3.05) is 13.1 Å². The highest BCUT2D eigenvalue weighted by atomic mass is 16.2. The molecule has 0 spiro atoms. The van der Waals surface area contributed by atoms with Crippen molar-refractivity contribution in [3.63, 3.8) is 0 Å². The van der Waals surface area contributed by atoms with Crippen LogP contribution in [0.5, 0.6) is 0 Å². The largest absolute Gasteiger partial charge is 0.354 e. The highest BCUT2D eigenvalue weighted by Gasteiger charge is 2.18. The van der Waals surface area contributed by atoms with E-state index < -0.39 is 0 Å². The van der Waals surface area contributed by atoms with E-state index in [2.05, 4.69) is 43.5 Å². The zero-order valence-corrected chi connectivity index (χ0v) is 14.8. The molecule has 1 amide bonds. The van der Waals surface area contributed by atoms with Crippen LogP contribution < -0.4 is 16.4 Å². The first-order chi connectivity index (χ1) is 11.0. The monoisotopic (exact) mass is 319 g/mol. The fraction of sp³-hybridized carbons (Fsp3) is 0.632. The highest BCUT2D eigenvalue weighted by molar-refractivity contribution is 5.81. The zero-order valence-electron chi connectivity index (χ0n) is 14.8. The molecular weight excluding hydrogens is 286 g/mol. The quantitative estimate of drug-likeness (QED) is 0.587. The average Bonchev–Trinajstić information content (AvgIpc) is 2.53. The summed E-state index contributed by atoms with van der Waals surface area (Å²) >= 11 is 0. The molecule has 0 heterocycles. The van der Waals surface area contributed by atoms with Crippen molar-refractivity contribution in [1.29, 1.82) is 0 Å². The van der Waals surface area contributed by atoms with Gasteiger partial charge in [-0.2, -0.15) is 0 Å². The smallest absolute Gasteiger partial charge is 0.237 e. The van der Waals surface area contributed by atoms with Crippen LogP contribution in [0.3, 0.4) is 0 Å². The van der Waals surface area contributed by atoms with E-state index in [1.807, 2.05) is 18.2 Å². The standard InChI is InChI=1S/C19H33N3O/c1-4-5-11-18(19(23)22-13-15(2)3)21-14-17(20)12-16-9-7-6-8-10-16/h6-10,15,17-18,21H,4-5,11-14,20H2,1-3H3,(H,22,23)/t17-,18+/m1/s1. The predicted molar refractivity (Wildman–Crippen MR) is 97.3 cm³/mol. The first kappa shape index (κ1) is 19.7. The Kier molecular flexibility index (Phi) is 9.57. The number of hydrogen-bond acceptors (Lipinski definition) is 3. The van der Waals surface area contributed by atoms with Gasteiger partial charge in [0, 0.05) is 19.1 Å². The molecule has 1 aromatic carbocycles. The minimum absolute atomic E-state index is 0.0134. The van der Waals surface area contributed by atoms with Crippen molar-refractivity contribution in [1.82, 2.24) is 10.6 Å². The Balaban J connectivity index is 2.44. The molecule has 0 bridgehead atoms. The van der Waals surface area contributed by atoms with E-state index in [0.29, 0.717) is 12.5 Å². The Hall–Kier alpha value is -1.39. The van der Waals surface area contributed by atoms with Gasteiger partial charge in [-0.15, -0.1) is 0 Å². The number of nitrogens with one attached hydrogen (secondary N) is 2. The lowest BCUT2D eigenvalue weighted by molar-refractivity contribution is -0.123. The molecule has 0 saturated carbocycles. The Morgan fingerprint density at radius 3 is 2.48 bits per heavy atom. The number of unbranched alkanes of at least 4 members (excludes halogenated alkanes) is 1. The van der Waals surface area contributed by atoms with Gasteiger partial charge in [-0.1, -0.05) is 63.9 Å². The van der Waals surface area contributed by atoms with Gasteiger partial charge in [-0.3, -0.25) is 4.79 Å². The van der Waals surface area contributed by atoms with Crippen molar-refractivity contribution >= 4 is 5.91 Å². The van der Waals surface area contributed by atoms with E-state index >= 15 is 0 Å². The Morgan fingerprint density at radius 2 is 1.87 bits per heavy atom. The third-order valence-electron chi connectivity index (χ3n) is 3.81. The van der Waals surface area contributed by atoms with Crippen molar-refractivity contribution in [3.8, 4) is 0 Å². The van der Waals surface area contributed by atoms with Gasteiger partial charge in [-0.05, 0) is 24.3 Å². The molecule has 0 fully saturated rings. The summed E-state index contributed by atoms with van der Waals surface area (Å²) in [5.74, 6) is 0.560. The molecule has 130 valence electrons. The summed E-state index contributed by atoms with van der Waals surface area (Å²) in [7, 11) is 0. The van der Waals surface area contributed by atoms with Crippen LogP contribution in [-0.4, -0.2) is 31.1 Å². The molecular formula is C19H33N3O. The summed E-state index contributed by atoms with van der Waals surface area (Å²) < 4.78 is 0. The summed E-state index contributed by atoms with van der Waals surface area (Å²) in [6.45, 7) is 7.72. The number of amides is 1. The molecule has 4 heteroatoms.